The summed E-state index contributed by atoms with van der Waals surface area (Å²) in [6.45, 7) is 0. The van der Waals surface area contributed by atoms with E-state index in [4.69, 9.17) is 0 Å². The monoisotopic (exact) mass is 307 g/mol. The van der Waals surface area contributed by atoms with E-state index < -0.39 is 11.5 Å². The fourth-order valence-electron chi connectivity index (χ4n) is 2.85. The molecule has 2 aromatic rings. The maximum atomic E-state index is 12.4. The van der Waals surface area contributed by atoms with Crippen molar-refractivity contribution in [2.45, 2.75) is 12.0 Å². The van der Waals surface area contributed by atoms with Crippen molar-refractivity contribution in [2.24, 2.45) is 0 Å². The van der Waals surface area contributed by atoms with Crippen LogP contribution in [0, 0.1) is 0 Å². The number of rotatable bonds is 4. The zero-order chi connectivity index (χ0) is 16.4. The fourth-order valence-corrected chi connectivity index (χ4v) is 2.85. The lowest BCUT2D eigenvalue weighted by Crippen LogP contribution is -2.40. The normalized spacial score (nSPS) is 20.1. The highest BCUT2D eigenvalue weighted by Gasteiger charge is 2.49. The molecule has 4 nitrogen and oxygen atoms in total. The van der Waals surface area contributed by atoms with Gasteiger partial charge in [-0.25, -0.2) is 0 Å². The van der Waals surface area contributed by atoms with Crippen LogP contribution in [-0.2, 0) is 15.2 Å². The highest BCUT2D eigenvalue weighted by atomic mass is 16.3. The molecule has 3 rings (SSSR count). The second kappa shape index (κ2) is 5.82. The quantitative estimate of drug-likeness (QED) is 0.883. The SMILES string of the molecule is CN1C(=O)C(O)(CC(=O)/C=C/c2ccccc2)c2ccccc21. The van der Waals surface area contributed by atoms with Crippen LogP contribution in [-0.4, -0.2) is 23.8 Å². The third-order valence-electron chi connectivity index (χ3n) is 4.06. The number of carbonyl (C=O) groups is 2. The highest BCUT2D eigenvalue weighted by molar-refractivity contribution is 6.09. The predicted octanol–water partition coefficient (Wildman–Crippen LogP) is 2.52. The van der Waals surface area contributed by atoms with Gasteiger partial charge in [-0.1, -0.05) is 54.6 Å². The number of likely N-dealkylation sites (N-methyl/N-ethyl adjacent to an activating group) is 1. The Labute approximate surface area is 134 Å². The molecule has 2 aromatic carbocycles. The van der Waals surface area contributed by atoms with Crippen molar-refractivity contribution in [1.29, 1.82) is 0 Å². The minimum Gasteiger partial charge on any atom is -0.375 e. The Morgan fingerprint density at radius 1 is 1.13 bits per heavy atom. The van der Waals surface area contributed by atoms with Crippen LogP contribution in [0.25, 0.3) is 6.08 Å². The molecular weight excluding hydrogens is 290 g/mol. The summed E-state index contributed by atoms with van der Waals surface area (Å²) in [5, 5.41) is 10.8. The van der Waals surface area contributed by atoms with Gasteiger partial charge >= 0.3 is 0 Å². The van der Waals surface area contributed by atoms with Gasteiger partial charge in [0.25, 0.3) is 5.91 Å². The smallest absolute Gasteiger partial charge is 0.263 e. The minimum atomic E-state index is -1.79. The molecule has 0 radical (unpaired) electrons. The van der Waals surface area contributed by atoms with Gasteiger partial charge in [0.2, 0.25) is 0 Å². The molecule has 0 fully saturated rings. The second-order valence-electron chi connectivity index (χ2n) is 5.63. The zero-order valence-corrected chi connectivity index (χ0v) is 12.8. The Balaban J connectivity index is 1.83. The highest BCUT2D eigenvalue weighted by Crippen LogP contribution is 2.41. The number of anilines is 1. The standard InChI is InChI=1S/C19H17NO3/c1-20-17-10-6-5-9-16(17)19(23,18(20)22)13-15(21)12-11-14-7-3-2-4-8-14/h2-12,23H,13H2,1H3/b12-11+. The number of ketones is 1. The van der Waals surface area contributed by atoms with Crippen LogP contribution in [0.1, 0.15) is 17.5 Å². The van der Waals surface area contributed by atoms with Crippen LogP contribution in [0.2, 0.25) is 0 Å². The zero-order valence-electron chi connectivity index (χ0n) is 12.8. The molecule has 23 heavy (non-hydrogen) atoms. The van der Waals surface area contributed by atoms with E-state index in [1.807, 2.05) is 30.3 Å². The summed E-state index contributed by atoms with van der Waals surface area (Å²) < 4.78 is 0. The number of fused-ring (bicyclic) bond motifs is 1. The molecule has 1 aliphatic heterocycles. The van der Waals surface area contributed by atoms with Crippen LogP contribution < -0.4 is 4.90 Å². The number of hydrogen-bond donors (Lipinski definition) is 1. The number of para-hydroxylation sites is 1. The Morgan fingerprint density at radius 2 is 1.78 bits per heavy atom. The molecule has 1 amide bonds. The molecule has 1 N–H and O–H groups in total. The van der Waals surface area contributed by atoms with Crippen molar-refractivity contribution in [3.05, 3.63) is 71.8 Å². The molecule has 1 atom stereocenters. The first-order chi connectivity index (χ1) is 11.0. The van der Waals surface area contributed by atoms with E-state index in [0.717, 1.165) is 5.56 Å². The minimum absolute atomic E-state index is 0.267. The summed E-state index contributed by atoms with van der Waals surface area (Å²) in [5.41, 5.74) is 0.223. The van der Waals surface area contributed by atoms with Gasteiger partial charge in [-0.2, -0.15) is 0 Å². The lowest BCUT2D eigenvalue weighted by atomic mass is 9.90. The summed E-state index contributed by atoms with van der Waals surface area (Å²) in [7, 11) is 1.60. The van der Waals surface area contributed by atoms with E-state index in [2.05, 4.69) is 0 Å². The third kappa shape index (κ3) is 2.69. The molecule has 4 heteroatoms. The summed E-state index contributed by atoms with van der Waals surface area (Å²) in [6, 6.07) is 16.4. The van der Waals surface area contributed by atoms with Crippen molar-refractivity contribution >= 4 is 23.5 Å². The molecule has 0 saturated heterocycles. The van der Waals surface area contributed by atoms with Crippen LogP contribution in [0.3, 0.4) is 0 Å². The number of amides is 1. The average molecular weight is 307 g/mol. The van der Waals surface area contributed by atoms with E-state index in [9.17, 15) is 14.7 Å². The number of allylic oxidation sites excluding steroid dienone is 1. The van der Waals surface area contributed by atoms with Gasteiger partial charge in [0.15, 0.2) is 11.4 Å². The van der Waals surface area contributed by atoms with Gasteiger partial charge in [-0.05, 0) is 17.7 Å². The van der Waals surface area contributed by atoms with Gasteiger partial charge in [0.1, 0.15) is 0 Å². The lowest BCUT2D eigenvalue weighted by Gasteiger charge is -2.20. The van der Waals surface area contributed by atoms with Gasteiger partial charge in [-0.3, -0.25) is 9.59 Å². The number of nitrogens with zero attached hydrogens (tertiary/aromatic N) is 1. The van der Waals surface area contributed by atoms with Crippen molar-refractivity contribution in [3.8, 4) is 0 Å². The molecule has 116 valence electrons. The van der Waals surface area contributed by atoms with E-state index >= 15 is 0 Å². The van der Waals surface area contributed by atoms with Crippen molar-refractivity contribution in [1.82, 2.24) is 0 Å². The van der Waals surface area contributed by atoms with Crippen molar-refractivity contribution in [2.75, 3.05) is 11.9 Å². The number of carbonyl (C=O) groups excluding carboxylic acids is 2. The molecular formula is C19H17NO3. The van der Waals surface area contributed by atoms with E-state index in [1.54, 1.807) is 37.4 Å². The molecule has 1 unspecified atom stereocenters. The first-order valence-corrected chi connectivity index (χ1v) is 7.38. The van der Waals surface area contributed by atoms with Crippen LogP contribution in [0.4, 0.5) is 5.69 Å². The summed E-state index contributed by atoms with van der Waals surface area (Å²) in [6.07, 6.45) is 2.82. The first-order valence-electron chi connectivity index (χ1n) is 7.38. The van der Waals surface area contributed by atoms with Gasteiger partial charge < -0.3 is 10.0 Å². The fraction of sp³-hybridized carbons (Fsp3) is 0.158. The number of aliphatic hydroxyl groups is 1. The first kappa shape index (κ1) is 15.2. The topological polar surface area (TPSA) is 57.6 Å². The Morgan fingerprint density at radius 3 is 2.52 bits per heavy atom. The predicted molar refractivity (Wildman–Crippen MR) is 88.8 cm³/mol. The van der Waals surface area contributed by atoms with Crippen LogP contribution >= 0.6 is 0 Å². The van der Waals surface area contributed by atoms with Gasteiger partial charge in [0, 0.05) is 12.6 Å². The van der Waals surface area contributed by atoms with Gasteiger partial charge in [0.05, 0.1) is 12.1 Å². The molecule has 0 aliphatic carbocycles. The largest absolute Gasteiger partial charge is 0.375 e. The summed E-state index contributed by atoms with van der Waals surface area (Å²) in [5.74, 6) is -0.769. The van der Waals surface area contributed by atoms with Gasteiger partial charge in [-0.15, -0.1) is 0 Å². The number of benzene rings is 2. The van der Waals surface area contributed by atoms with Crippen LogP contribution in [0.5, 0.6) is 0 Å². The van der Waals surface area contributed by atoms with Crippen molar-refractivity contribution < 1.29 is 14.7 Å². The summed E-state index contributed by atoms with van der Waals surface area (Å²) in [4.78, 5) is 26.0. The average Bonchev–Trinajstić information content (AvgIpc) is 2.76. The maximum Gasteiger partial charge on any atom is 0.263 e. The Bertz CT molecular complexity index is 782. The van der Waals surface area contributed by atoms with E-state index in [-0.39, 0.29) is 12.2 Å². The maximum absolute atomic E-state index is 12.4. The molecule has 0 spiro atoms. The molecule has 0 saturated carbocycles. The lowest BCUT2D eigenvalue weighted by molar-refractivity contribution is -0.140. The molecule has 0 aromatic heterocycles. The Hall–Kier alpha value is -2.72. The molecule has 1 aliphatic rings. The number of hydrogen-bond acceptors (Lipinski definition) is 3. The summed E-state index contributed by atoms with van der Waals surface area (Å²) >= 11 is 0. The molecule has 1 heterocycles. The second-order valence-corrected chi connectivity index (χ2v) is 5.63. The molecule has 0 bridgehead atoms. The third-order valence-corrected chi connectivity index (χ3v) is 4.06. The van der Waals surface area contributed by atoms with Crippen molar-refractivity contribution in [3.63, 3.8) is 0 Å². The van der Waals surface area contributed by atoms with E-state index in [1.165, 1.54) is 11.0 Å². The van der Waals surface area contributed by atoms with Crippen LogP contribution in [0.15, 0.2) is 60.7 Å². The van der Waals surface area contributed by atoms with E-state index in [0.29, 0.717) is 11.3 Å². The Kier molecular flexibility index (Phi) is 3.84.